The summed E-state index contributed by atoms with van der Waals surface area (Å²) in [5.41, 5.74) is 0.187. The minimum Gasteiger partial charge on any atom is -0.406 e. The van der Waals surface area contributed by atoms with E-state index in [0.717, 1.165) is 12.1 Å². The first-order chi connectivity index (χ1) is 9.28. The van der Waals surface area contributed by atoms with Crippen molar-refractivity contribution in [2.24, 2.45) is 0 Å². The predicted octanol–water partition coefficient (Wildman–Crippen LogP) is 3.29. The molecule has 0 heterocycles. The summed E-state index contributed by atoms with van der Waals surface area (Å²) in [4.78, 5) is 0. The fraction of sp³-hybridized carbons (Fsp3) is 0.500. The number of alkyl halides is 5. The highest BCUT2D eigenvalue weighted by molar-refractivity contribution is 5.30. The Labute approximate surface area is 111 Å². The summed E-state index contributed by atoms with van der Waals surface area (Å²) in [7, 11) is 0. The van der Waals surface area contributed by atoms with E-state index in [1.807, 2.05) is 0 Å². The van der Waals surface area contributed by atoms with Crippen molar-refractivity contribution in [1.29, 1.82) is 0 Å². The van der Waals surface area contributed by atoms with Crippen LogP contribution >= 0.6 is 0 Å². The van der Waals surface area contributed by atoms with Crippen LogP contribution in [0.5, 0.6) is 5.75 Å². The van der Waals surface area contributed by atoms with Crippen molar-refractivity contribution in [1.82, 2.24) is 0 Å². The lowest BCUT2D eigenvalue weighted by Crippen LogP contribution is -2.17. The molecule has 3 nitrogen and oxygen atoms in total. The number of hydrogen-bond donors (Lipinski definition) is 1. The molecule has 0 radical (unpaired) electrons. The highest BCUT2D eigenvalue weighted by atomic mass is 19.4. The molecule has 0 aliphatic heterocycles. The molecule has 0 aliphatic rings. The molecule has 114 valence electrons. The zero-order valence-electron chi connectivity index (χ0n) is 10.2. The average Bonchev–Trinajstić information content (AvgIpc) is 2.32. The second-order valence-corrected chi connectivity index (χ2v) is 3.89. The van der Waals surface area contributed by atoms with Crippen molar-refractivity contribution in [3.63, 3.8) is 0 Å². The highest BCUT2D eigenvalue weighted by Crippen LogP contribution is 2.26. The third-order valence-electron chi connectivity index (χ3n) is 2.26. The van der Waals surface area contributed by atoms with E-state index in [4.69, 9.17) is 0 Å². The fourth-order valence-corrected chi connectivity index (χ4v) is 1.45. The van der Waals surface area contributed by atoms with Crippen LogP contribution in [-0.4, -0.2) is 31.1 Å². The standard InChI is InChI=1S/C12H13F5O3/c13-11(14)7-19-5-4-10(18)8-2-1-3-9(6-8)20-12(15,16)17/h1-3,6,10-11,18H,4-5,7H2. The number of halogens is 5. The van der Waals surface area contributed by atoms with E-state index < -0.39 is 31.2 Å². The molecule has 1 N–H and O–H groups in total. The quantitative estimate of drug-likeness (QED) is 0.620. The van der Waals surface area contributed by atoms with Crippen molar-refractivity contribution >= 4 is 0 Å². The van der Waals surface area contributed by atoms with Gasteiger partial charge >= 0.3 is 6.36 Å². The van der Waals surface area contributed by atoms with E-state index in [9.17, 15) is 27.1 Å². The highest BCUT2D eigenvalue weighted by Gasteiger charge is 2.31. The normalized spacial score (nSPS) is 13.6. The van der Waals surface area contributed by atoms with Crippen LogP contribution in [0.15, 0.2) is 24.3 Å². The smallest absolute Gasteiger partial charge is 0.406 e. The Kier molecular flexibility index (Phi) is 6.15. The van der Waals surface area contributed by atoms with Crippen LogP contribution in [0.4, 0.5) is 22.0 Å². The summed E-state index contributed by atoms with van der Waals surface area (Å²) in [5, 5.41) is 9.70. The molecule has 0 amide bonds. The summed E-state index contributed by atoms with van der Waals surface area (Å²) in [6.07, 6.45) is -8.55. The van der Waals surface area contributed by atoms with Crippen molar-refractivity contribution in [2.45, 2.75) is 25.3 Å². The molecule has 8 heteroatoms. The number of aliphatic hydroxyl groups excluding tert-OH is 1. The maximum atomic E-state index is 12.0. The lowest BCUT2D eigenvalue weighted by molar-refractivity contribution is -0.274. The largest absolute Gasteiger partial charge is 0.573 e. The molecule has 1 aromatic carbocycles. The van der Waals surface area contributed by atoms with E-state index in [1.54, 1.807) is 0 Å². The molecule has 0 saturated heterocycles. The van der Waals surface area contributed by atoms with E-state index in [-0.39, 0.29) is 18.6 Å². The van der Waals surface area contributed by atoms with Crippen LogP contribution < -0.4 is 4.74 Å². The van der Waals surface area contributed by atoms with Crippen LogP contribution in [0.2, 0.25) is 0 Å². The molecular formula is C12H13F5O3. The van der Waals surface area contributed by atoms with Crippen LogP contribution in [0, 0.1) is 0 Å². The van der Waals surface area contributed by atoms with Gasteiger partial charge in [0.15, 0.2) is 0 Å². The minimum atomic E-state index is -4.82. The number of aliphatic hydroxyl groups is 1. The maximum Gasteiger partial charge on any atom is 0.573 e. The Balaban J connectivity index is 2.51. The zero-order valence-corrected chi connectivity index (χ0v) is 10.2. The van der Waals surface area contributed by atoms with Gasteiger partial charge in [-0.1, -0.05) is 12.1 Å². The lowest BCUT2D eigenvalue weighted by atomic mass is 10.1. The fourth-order valence-electron chi connectivity index (χ4n) is 1.45. The molecular weight excluding hydrogens is 287 g/mol. The average molecular weight is 300 g/mol. The van der Waals surface area contributed by atoms with E-state index in [0.29, 0.717) is 0 Å². The number of rotatable bonds is 7. The minimum absolute atomic E-state index is 0.0117. The first-order valence-corrected chi connectivity index (χ1v) is 5.67. The summed E-state index contributed by atoms with van der Waals surface area (Å²) in [6, 6.07) is 4.82. The number of ether oxygens (including phenoxy) is 2. The summed E-state index contributed by atoms with van der Waals surface area (Å²) in [6.45, 7) is -0.875. The van der Waals surface area contributed by atoms with Gasteiger partial charge in [0.2, 0.25) is 0 Å². The van der Waals surface area contributed by atoms with Crippen LogP contribution in [0.3, 0.4) is 0 Å². The molecule has 0 spiro atoms. The lowest BCUT2D eigenvalue weighted by Gasteiger charge is -2.14. The van der Waals surface area contributed by atoms with Crippen LogP contribution in [0.25, 0.3) is 0 Å². The van der Waals surface area contributed by atoms with Gasteiger partial charge in [0, 0.05) is 13.0 Å². The molecule has 0 aromatic heterocycles. The van der Waals surface area contributed by atoms with Crippen molar-refractivity contribution in [3.8, 4) is 5.75 Å². The third-order valence-corrected chi connectivity index (χ3v) is 2.26. The van der Waals surface area contributed by atoms with Gasteiger partial charge < -0.3 is 14.6 Å². The third kappa shape index (κ3) is 6.67. The number of hydrogen-bond acceptors (Lipinski definition) is 3. The Hall–Kier alpha value is -1.41. The van der Waals surface area contributed by atoms with Crippen LogP contribution in [0.1, 0.15) is 18.1 Å². The molecule has 0 saturated carbocycles. The molecule has 0 aliphatic carbocycles. The van der Waals surface area contributed by atoms with Gasteiger partial charge in [0.05, 0.1) is 6.10 Å². The first-order valence-electron chi connectivity index (χ1n) is 5.67. The summed E-state index contributed by atoms with van der Waals surface area (Å²) < 4.78 is 67.9. The molecule has 0 fully saturated rings. The van der Waals surface area contributed by atoms with Crippen molar-refractivity contribution in [2.75, 3.05) is 13.2 Å². The molecule has 1 aromatic rings. The zero-order chi connectivity index (χ0) is 15.2. The van der Waals surface area contributed by atoms with E-state index in [1.165, 1.54) is 12.1 Å². The van der Waals surface area contributed by atoms with Gasteiger partial charge in [-0.2, -0.15) is 0 Å². The topological polar surface area (TPSA) is 38.7 Å². The Morgan fingerprint density at radius 3 is 2.50 bits per heavy atom. The van der Waals surface area contributed by atoms with Gasteiger partial charge in [0.1, 0.15) is 12.4 Å². The van der Waals surface area contributed by atoms with E-state index in [2.05, 4.69) is 9.47 Å². The predicted molar refractivity (Wildman–Crippen MR) is 59.5 cm³/mol. The Bertz CT molecular complexity index is 408. The SMILES string of the molecule is OC(CCOCC(F)F)c1cccc(OC(F)(F)F)c1. The molecule has 0 bridgehead atoms. The molecule has 1 atom stereocenters. The van der Waals surface area contributed by atoms with Crippen molar-refractivity contribution in [3.05, 3.63) is 29.8 Å². The van der Waals surface area contributed by atoms with Crippen molar-refractivity contribution < 1.29 is 36.5 Å². The molecule has 1 rings (SSSR count). The maximum absolute atomic E-state index is 12.0. The summed E-state index contributed by atoms with van der Waals surface area (Å²) in [5.74, 6) is -0.456. The molecule has 20 heavy (non-hydrogen) atoms. The second-order valence-electron chi connectivity index (χ2n) is 3.89. The van der Waals surface area contributed by atoms with Gasteiger partial charge in [-0.3, -0.25) is 0 Å². The Morgan fingerprint density at radius 2 is 1.90 bits per heavy atom. The first kappa shape index (κ1) is 16.6. The summed E-state index contributed by atoms with van der Waals surface area (Å²) >= 11 is 0. The van der Waals surface area contributed by atoms with Gasteiger partial charge in [-0.05, 0) is 17.7 Å². The Morgan fingerprint density at radius 1 is 1.20 bits per heavy atom. The second kappa shape index (κ2) is 7.39. The molecule has 1 unspecified atom stereocenters. The van der Waals surface area contributed by atoms with E-state index >= 15 is 0 Å². The monoisotopic (exact) mass is 300 g/mol. The van der Waals surface area contributed by atoms with Gasteiger partial charge in [-0.15, -0.1) is 13.2 Å². The van der Waals surface area contributed by atoms with Gasteiger partial charge in [-0.25, -0.2) is 8.78 Å². The number of benzene rings is 1. The van der Waals surface area contributed by atoms with Crippen LogP contribution in [-0.2, 0) is 4.74 Å². The van der Waals surface area contributed by atoms with Gasteiger partial charge in [0.25, 0.3) is 6.43 Å².